The van der Waals surface area contributed by atoms with Crippen LogP contribution in [-0.2, 0) is 4.79 Å². The summed E-state index contributed by atoms with van der Waals surface area (Å²) in [6, 6.07) is 10.8. The Hall–Kier alpha value is -3.75. The highest BCUT2D eigenvalue weighted by atomic mass is 19.1. The summed E-state index contributed by atoms with van der Waals surface area (Å²) in [6.07, 6.45) is 4.07. The van der Waals surface area contributed by atoms with Crippen molar-refractivity contribution in [2.45, 2.75) is 25.7 Å². The number of hydrogen-bond donors (Lipinski definition) is 1. The molecule has 9 heteroatoms. The summed E-state index contributed by atoms with van der Waals surface area (Å²) in [4.78, 5) is 41.1. The fourth-order valence-electron chi connectivity index (χ4n) is 4.74. The van der Waals surface area contributed by atoms with Crippen molar-refractivity contribution in [1.29, 1.82) is 0 Å². The van der Waals surface area contributed by atoms with Crippen LogP contribution in [0.4, 0.5) is 4.39 Å². The standard InChI is InChI=1S/C25H25FN4O4/c26-21-10-9-17(34-23-19-8-4-3-7-18(19)22(31)27-28-23)15-20(21)25(33)30-13-11-29(12-14-30)24(32)16-5-1-2-6-16/h3-4,7-10,15-16H,1-2,5-6,11-14H2,(H,27,31). The molecular weight excluding hydrogens is 439 g/mol. The number of H-pyrrole nitrogens is 1. The van der Waals surface area contributed by atoms with Gasteiger partial charge in [-0.15, -0.1) is 5.10 Å². The van der Waals surface area contributed by atoms with Crippen LogP contribution in [0, 0.1) is 11.7 Å². The third kappa shape index (κ3) is 4.25. The van der Waals surface area contributed by atoms with Gasteiger partial charge in [-0.25, -0.2) is 9.49 Å². The Morgan fingerprint density at radius 1 is 0.971 bits per heavy atom. The van der Waals surface area contributed by atoms with E-state index in [9.17, 15) is 18.8 Å². The number of benzene rings is 2. The molecule has 2 fully saturated rings. The number of nitrogens with zero attached hydrogens (tertiary/aromatic N) is 3. The normalized spacial score (nSPS) is 16.7. The van der Waals surface area contributed by atoms with Crippen LogP contribution in [0.2, 0.25) is 0 Å². The molecular formula is C25H25FN4O4. The van der Waals surface area contributed by atoms with E-state index < -0.39 is 11.7 Å². The number of ether oxygens (including phenoxy) is 1. The van der Waals surface area contributed by atoms with Crippen LogP contribution in [0.5, 0.6) is 11.6 Å². The molecule has 1 aliphatic heterocycles. The molecule has 34 heavy (non-hydrogen) atoms. The van der Waals surface area contributed by atoms with Crippen LogP contribution in [0.3, 0.4) is 0 Å². The number of carbonyl (C=O) groups is 2. The summed E-state index contributed by atoms with van der Waals surface area (Å²) in [5.74, 6) is -0.446. The number of hydrogen-bond acceptors (Lipinski definition) is 5. The summed E-state index contributed by atoms with van der Waals surface area (Å²) in [5, 5.41) is 7.26. The number of amides is 2. The second-order valence-electron chi connectivity index (χ2n) is 8.75. The largest absolute Gasteiger partial charge is 0.437 e. The summed E-state index contributed by atoms with van der Waals surface area (Å²) >= 11 is 0. The van der Waals surface area contributed by atoms with Crippen molar-refractivity contribution < 1.29 is 18.7 Å². The molecule has 2 aromatic carbocycles. The average molecular weight is 464 g/mol. The van der Waals surface area contributed by atoms with Crippen molar-refractivity contribution in [3.8, 4) is 11.6 Å². The highest BCUT2D eigenvalue weighted by Crippen LogP contribution is 2.29. The molecule has 8 nitrogen and oxygen atoms in total. The van der Waals surface area contributed by atoms with Crippen LogP contribution in [0.15, 0.2) is 47.3 Å². The van der Waals surface area contributed by atoms with Crippen LogP contribution in [-0.4, -0.2) is 58.0 Å². The maximum absolute atomic E-state index is 14.6. The first kappa shape index (κ1) is 22.1. The molecule has 0 radical (unpaired) electrons. The van der Waals surface area contributed by atoms with Gasteiger partial charge >= 0.3 is 0 Å². The molecule has 3 aromatic rings. The quantitative estimate of drug-likeness (QED) is 0.639. The molecule has 1 saturated carbocycles. The van der Waals surface area contributed by atoms with Crippen molar-refractivity contribution in [2.75, 3.05) is 26.2 Å². The monoisotopic (exact) mass is 464 g/mol. The van der Waals surface area contributed by atoms with E-state index in [0.717, 1.165) is 25.7 Å². The third-order valence-electron chi connectivity index (χ3n) is 6.63. The van der Waals surface area contributed by atoms with E-state index in [1.165, 1.54) is 18.2 Å². The van der Waals surface area contributed by atoms with Gasteiger partial charge in [0.1, 0.15) is 11.6 Å². The zero-order valence-electron chi connectivity index (χ0n) is 18.6. The third-order valence-corrected chi connectivity index (χ3v) is 6.63. The maximum Gasteiger partial charge on any atom is 0.272 e. The van der Waals surface area contributed by atoms with E-state index in [2.05, 4.69) is 10.2 Å². The predicted octanol–water partition coefficient (Wildman–Crippen LogP) is 3.33. The van der Waals surface area contributed by atoms with Gasteiger partial charge < -0.3 is 14.5 Å². The van der Waals surface area contributed by atoms with Crippen molar-refractivity contribution in [3.05, 3.63) is 64.2 Å². The minimum absolute atomic E-state index is 0.103. The molecule has 1 N–H and O–H groups in total. The molecule has 0 spiro atoms. The lowest BCUT2D eigenvalue weighted by Crippen LogP contribution is -2.51. The van der Waals surface area contributed by atoms with Crippen LogP contribution in [0.1, 0.15) is 36.0 Å². The van der Waals surface area contributed by atoms with Crippen molar-refractivity contribution >= 4 is 22.6 Å². The van der Waals surface area contributed by atoms with Gasteiger partial charge in [0.15, 0.2) is 0 Å². The van der Waals surface area contributed by atoms with Crippen molar-refractivity contribution in [2.24, 2.45) is 5.92 Å². The molecule has 2 heterocycles. The van der Waals surface area contributed by atoms with E-state index in [0.29, 0.717) is 37.0 Å². The molecule has 5 rings (SSSR count). The number of fused-ring (bicyclic) bond motifs is 1. The Balaban J connectivity index is 1.31. The molecule has 1 saturated heterocycles. The highest BCUT2D eigenvalue weighted by Gasteiger charge is 2.31. The number of rotatable bonds is 4. The predicted molar refractivity (Wildman–Crippen MR) is 123 cm³/mol. The number of carbonyl (C=O) groups excluding carboxylic acids is 2. The first-order valence-corrected chi connectivity index (χ1v) is 11.5. The summed E-state index contributed by atoms with van der Waals surface area (Å²) in [5.41, 5.74) is -0.453. The van der Waals surface area contributed by atoms with Gasteiger partial charge in [-0.3, -0.25) is 14.4 Å². The highest BCUT2D eigenvalue weighted by molar-refractivity contribution is 5.95. The Labute approximate surface area is 195 Å². The zero-order chi connectivity index (χ0) is 23.7. The second kappa shape index (κ2) is 9.24. The molecule has 1 aliphatic carbocycles. The molecule has 0 unspecified atom stereocenters. The number of nitrogens with one attached hydrogen (secondary N) is 1. The second-order valence-corrected chi connectivity index (χ2v) is 8.75. The smallest absolute Gasteiger partial charge is 0.272 e. The van der Waals surface area contributed by atoms with Crippen molar-refractivity contribution in [1.82, 2.24) is 20.0 Å². The summed E-state index contributed by atoms with van der Waals surface area (Å²) in [6.45, 7) is 1.61. The van der Waals surface area contributed by atoms with Crippen LogP contribution < -0.4 is 10.3 Å². The van der Waals surface area contributed by atoms with Gasteiger partial charge in [0.05, 0.1) is 16.3 Å². The van der Waals surface area contributed by atoms with Crippen LogP contribution >= 0.6 is 0 Å². The molecule has 2 amide bonds. The van der Waals surface area contributed by atoms with Crippen LogP contribution in [0.25, 0.3) is 10.8 Å². The first-order valence-electron chi connectivity index (χ1n) is 11.5. The van der Waals surface area contributed by atoms with Gasteiger partial charge in [-0.05, 0) is 43.2 Å². The molecule has 1 aromatic heterocycles. The van der Waals surface area contributed by atoms with E-state index in [4.69, 9.17) is 4.74 Å². The average Bonchev–Trinajstić information content (AvgIpc) is 3.41. The van der Waals surface area contributed by atoms with Gasteiger partial charge in [0, 0.05) is 32.1 Å². The Morgan fingerprint density at radius 3 is 2.38 bits per heavy atom. The fraction of sp³-hybridized carbons (Fsp3) is 0.360. The minimum atomic E-state index is -0.652. The number of aromatic nitrogens is 2. The first-order chi connectivity index (χ1) is 16.5. The van der Waals surface area contributed by atoms with Gasteiger partial charge in [-0.1, -0.05) is 25.0 Å². The lowest BCUT2D eigenvalue weighted by Gasteiger charge is -2.36. The van der Waals surface area contributed by atoms with E-state index >= 15 is 0 Å². The lowest BCUT2D eigenvalue weighted by atomic mass is 10.1. The van der Waals surface area contributed by atoms with Gasteiger partial charge in [0.2, 0.25) is 11.8 Å². The lowest BCUT2D eigenvalue weighted by molar-refractivity contribution is -0.136. The van der Waals surface area contributed by atoms with Crippen molar-refractivity contribution in [3.63, 3.8) is 0 Å². The minimum Gasteiger partial charge on any atom is -0.437 e. The fourth-order valence-corrected chi connectivity index (χ4v) is 4.74. The van der Waals surface area contributed by atoms with Gasteiger partial charge in [-0.2, -0.15) is 0 Å². The molecule has 0 atom stereocenters. The zero-order valence-corrected chi connectivity index (χ0v) is 18.6. The Kier molecular flexibility index (Phi) is 6.00. The number of piperazine rings is 1. The van der Waals surface area contributed by atoms with E-state index in [1.54, 1.807) is 29.2 Å². The van der Waals surface area contributed by atoms with E-state index in [-0.39, 0.29) is 34.6 Å². The Bertz CT molecular complexity index is 1290. The summed E-state index contributed by atoms with van der Waals surface area (Å²) in [7, 11) is 0. The molecule has 176 valence electrons. The topological polar surface area (TPSA) is 95.6 Å². The molecule has 0 bridgehead atoms. The maximum atomic E-state index is 14.6. The SMILES string of the molecule is O=C(c1cc(Oc2n[nH]c(=O)c3ccccc23)ccc1F)N1CCN(C(=O)C2CCCC2)CC1. The number of halogens is 1. The summed E-state index contributed by atoms with van der Waals surface area (Å²) < 4.78 is 20.4. The Morgan fingerprint density at radius 2 is 1.65 bits per heavy atom. The van der Waals surface area contributed by atoms with Gasteiger partial charge in [0.25, 0.3) is 11.5 Å². The van der Waals surface area contributed by atoms with E-state index in [1.807, 2.05) is 4.90 Å². The molecule has 2 aliphatic rings. The number of aromatic amines is 1.